The van der Waals surface area contributed by atoms with E-state index in [1.165, 1.54) is 0 Å². The summed E-state index contributed by atoms with van der Waals surface area (Å²) in [5.41, 5.74) is 2.22. The van der Waals surface area contributed by atoms with Gasteiger partial charge in [-0.05, 0) is 32.3 Å². The van der Waals surface area contributed by atoms with E-state index in [-0.39, 0.29) is 11.7 Å². The fourth-order valence-corrected chi connectivity index (χ4v) is 4.38. The summed E-state index contributed by atoms with van der Waals surface area (Å²) in [5.74, 6) is 0.713. The Morgan fingerprint density at radius 3 is 2.96 bits per heavy atom. The number of aromatic nitrogens is 3. The number of likely N-dealkylation sites (tertiary alicyclic amines) is 1. The van der Waals surface area contributed by atoms with Crippen molar-refractivity contribution in [2.75, 3.05) is 13.7 Å². The minimum absolute atomic E-state index is 0.0474. The summed E-state index contributed by atoms with van der Waals surface area (Å²) >= 11 is 0. The van der Waals surface area contributed by atoms with Crippen molar-refractivity contribution >= 4 is 0 Å². The second kappa shape index (κ2) is 6.77. The van der Waals surface area contributed by atoms with Gasteiger partial charge in [-0.15, -0.1) is 0 Å². The van der Waals surface area contributed by atoms with Gasteiger partial charge >= 0.3 is 0 Å². The average Bonchev–Trinajstić information content (AvgIpc) is 3.21. The lowest BCUT2D eigenvalue weighted by molar-refractivity contribution is -0.0844. The van der Waals surface area contributed by atoms with Gasteiger partial charge in [-0.25, -0.2) is 9.97 Å². The summed E-state index contributed by atoms with van der Waals surface area (Å²) in [6, 6.07) is 6.16. The molecule has 1 saturated carbocycles. The first-order chi connectivity index (χ1) is 12.2. The summed E-state index contributed by atoms with van der Waals surface area (Å²) in [7, 11) is 1.86. The van der Waals surface area contributed by atoms with Crippen LogP contribution in [0.4, 0.5) is 0 Å². The van der Waals surface area contributed by atoms with Crippen LogP contribution < -0.4 is 4.74 Å². The fourth-order valence-electron chi connectivity index (χ4n) is 4.38. The highest BCUT2D eigenvalue weighted by atomic mass is 16.5. The molecule has 2 aromatic heterocycles. The third-order valence-corrected chi connectivity index (χ3v) is 5.86. The highest BCUT2D eigenvalue weighted by molar-refractivity contribution is 5.14. The standard InChI is InChI=1S/C19H26N4O2/c1-14-16(22-13-21-14)12-23-10-8-19(24-2)7-6-15(11-17(19)23)25-18-5-3-4-9-20-18/h3-5,9,13,15,17H,6-8,10-12H2,1-2H3,(H,21,22)/t15?,17?,19-/m1/s1. The van der Waals surface area contributed by atoms with Gasteiger partial charge in [0.25, 0.3) is 0 Å². The topological polar surface area (TPSA) is 63.3 Å². The van der Waals surface area contributed by atoms with Crippen LogP contribution in [-0.4, -0.2) is 51.3 Å². The Morgan fingerprint density at radius 1 is 1.32 bits per heavy atom. The normalized spacial score (nSPS) is 29.5. The zero-order chi connectivity index (χ0) is 17.3. The number of nitrogens with one attached hydrogen (secondary N) is 1. The van der Waals surface area contributed by atoms with E-state index in [1.54, 1.807) is 12.5 Å². The number of imidazole rings is 1. The fraction of sp³-hybridized carbons (Fsp3) is 0.579. The van der Waals surface area contributed by atoms with E-state index >= 15 is 0 Å². The number of fused-ring (bicyclic) bond motifs is 1. The van der Waals surface area contributed by atoms with Crippen LogP contribution in [0.15, 0.2) is 30.7 Å². The molecule has 2 unspecified atom stereocenters. The number of methoxy groups -OCH3 is 1. The van der Waals surface area contributed by atoms with Gasteiger partial charge in [0.1, 0.15) is 6.10 Å². The molecule has 3 atom stereocenters. The monoisotopic (exact) mass is 342 g/mol. The molecule has 0 bridgehead atoms. The first kappa shape index (κ1) is 16.5. The molecule has 6 nitrogen and oxygen atoms in total. The van der Waals surface area contributed by atoms with Gasteiger partial charge in [0, 0.05) is 50.6 Å². The molecule has 134 valence electrons. The van der Waals surface area contributed by atoms with Crippen LogP contribution in [0, 0.1) is 6.92 Å². The summed E-state index contributed by atoms with van der Waals surface area (Å²) < 4.78 is 12.2. The van der Waals surface area contributed by atoms with Gasteiger partial charge in [-0.3, -0.25) is 4.90 Å². The van der Waals surface area contributed by atoms with Crippen molar-refractivity contribution < 1.29 is 9.47 Å². The van der Waals surface area contributed by atoms with Crippen LogP contribution in [0.1, 0.15) is 37.1 Å². The minimum atomic E-state index is -0.0474. The average molecular weight is 342 g/mol. The molecular formula is C19H26N4O2. The molecule has 6 heteroatoms. The molecule has 25 heavy (non-hydrogen) atoms. The maximum absolute atomic E-state index is 6.15. The number of aryl methyl sites for hydroxylation is 1. The van der Waals surface area contributed by atoms with E-state index in [1.807, 2.05) is 25.3 Å². The van der Waals surface area contributed by atoms with Crippen molar-refractivity contribution in [3.8, 4) is 5.88 Å². The molecule has 1 N–H and O–H groups in total. The number of H-pyrrole nitrogens is 1. The molecule has 3 heterocycles. The minimum Gasteiger partial charge on any atom is -0.474 e. The Labute approximate surface area is 148 Å². The van der Waals surface area contributed by atoms with Crippen molar-refractivity contribution in [1.29, 1.82) is 0 Å². The summed E-state index contributed by atoms with van der Waals surface area (Å²) in [6.07, 6.45) is 7.82. The van der Waals surface area contributed by atoms with Gasteiger partial charge in [-0.2, -0.15) is 0 Å². The molecular weight excluding hydrogens is 316 g/mol. The van der Waals surface area contributed by atoms with Gasteiger partial charge in [0.2, 0.25) is 5.88 Å². The Morgan fingerprint density at radius 2 is 2.24 bits per heavy atom. The van der Waals surface area contributed by atoms with E-state index in [4.69, 9.17) is 9.47 Å². The lowest BCUT2D eigenvalue weighted by Crippen LogP contribution is -2.52. The highest BCUT2D eigenvalue weighted by Crippen LogP contribution is 2.43. The van der Waals surface area contributed by atoms with Crippen LogP contribution >= 0.6 is 0 Å². The zero-order valence-corrected chi connectivity index (χ0v) is 14.9. The van der Waals surface area contributed by atoms with Crippen LogP contribution in [-0.2, 0) is 11.3 Å². The van der Waals surface area contributed by atoms with Gasteiger partial charge in [0.05, 0.1) is 17.6 Å². The highest BCUT2D eigenvalue weighted by Gasteiger charge is 2.51. The smallest absolute Gasteiger partial charge is 0.213 e. The van der Waals surface area contributed by atoms with Crippen molar-refractivity contribution in [2.45, 2.75) is 56.9 Å². The number of nitrogens with zero attached hydrogens (tertiary/aromatic N) is 3. The molecule has 1 aliphatic heterocycles. The molecule has 0 amide bonds. The molecule has 4 rings (SSSR count). The number of ether oxygens (including phenoxy) is 2. The van der Waals surface area contributed by atoms with E-state index in [9.17, 15) is 0 Å². The Balaban J connectivity index is 1.49. The number of rotatable bonds is 5. The molecule has 2 fully saturated rings. The lowest BCUT2D eigenvalue weighted by atomic mass is 9.79. The third kappa shape index (κ3) is 3.16. The van der Waals surface area contributed by atoms with Crippen LogP contribution in [0.5, 0.6) is 5.88 Å². The van der Waals surface area contributed by atoms with Gasteiger partial charge in [0.15, 0.2) is 0 Å². The zero-order valence-electron chi connectivity index (χ0n) is 14.9. The second-order valence-electron chi connectivity index (χ2n) is 7.16. The molecule has 2 aliphatic rings. The molecule has 0 radical (unpaired) electrons. The first-order valence-corrected chi connectivity index (χ1v) is 9.06. The van der Waals surface area contributed by atoms with E-state index in [0.717, 1.165) is 50.2 Å². The van der Waals surface area contributed by atoms with Crippen LogP contribution in [0.3, 0.4) is 0 Å². The van der Waals surface area contributed by atoms with Gasteiger partial charge in [-0.1, -0.05) is 6.07 Å². The molecule has 1 saturated heterocycles. The van der Waals surface area contributed by atoms with Crippen molar-refractivity contribution in [3.63, 3.8) is 0 Å². The molecule has 0 spiro atoms. The predicted octanol–water partition coefficient (Wildman–Crippen LogP) is 2.70. The largest absolute Gasteiger partial charge is 0.474 e. The van der Waals surface area contributed by atoms with Crippen molar-refractivity contribution in [1.82, 2.24) is 19.9 Å². The quantitative estimate of drug-likeness (QED) is 0.905. The Kier molecular flexibility index (Phi) is 4.48. The number of hydrogen-bond donors (Lipinski definition) is 1. The number of aromatic amines is 1. The SMILES string of the molecule is CO[C@@]12CCC(Oc3ccccn3)CC1N(Cc1nc[nH]c1C)CC2. The Hall–Kier alpha value is -1.92. The molecule has 1 aliphatic carbocycles. The molecule has 2 aromatic rings. The van der Waals surface area contributed by atoms with E-state index in [2.05, 4.69) is 26.8 Å². The maximum Gasteiger partial charge on any atom is 0.213 e. The van der Waals surface area contributed by atoms with E-state index < -0.39 is 0 Å². The lowest BCUT2D eigenvalue weighted by Gasteiger charge is -2.43. The first-order valence-electron chi connectivity index (χ1n) is 9.06. The summed E-state index contributed by atoms with van der Waals surface area (Å²) in [4.78, 5) is 14.5. The van der Waals surface area contributed by atoms with Crippen LogP contribution in [0.2, 0.25) is 0 Å². The van der Waals surface area contributed by atoms with E-state index in [0.29, 0.717) is 11.9 Å². The second-order valence-corrected chi connectivity index (χ2v) is 7.16. The Bertz CT molecular complexity index is 704. The molecule has 0 aromatic carbocycles. The van der Waals surface area contributed by atoms with Crippen LogP contribution in [0.25, 0.3) is 0 Å². The summed E-state index contributed by atoms with van der Waals surface area (Å²) in [5, 5.41) is 0. The summed E-state index contributed by atoms with van der Waals surface area (Å²) in [6.45, 7) is 3.98. The van der Waals surface area contributed by atoms with Crippen molar-refractivity contribution in [3.05, 3.63) is 42.1 Å². The number of hydrogen-bond acceptors (Lipinski definition) is 5. The predicted molar refractivity (Wildman–Crippen MR) is 94.4 cm³/mol. The number of pyridine rings is 1. The third-order valence-electron chi connectivity index (χ3n) is 5.86. The van der Waals surface area contributed by atoms with Gasteiger partial charge < -0.3 is 14.5 Å². The maximum atomic E-state index is 6.15. The van der Waals surface area contributed by atoms with Crippen molar-refractivity contribution in [2.24, 2.45) is 0 Å².